The van der Waals surface area contributed by atoms with Gasteiger partial charge in [0.05, 0.1) is 20.5 Å². The fourth-order valence-electron chi connectivity index (χ4n) is 4.85. The average molecular weight is 495 g/mol. The Kier molecular flexibility index (Phi) is 6.73. The standard InChI is InChI=1S/C31H30N2O4/c1-19(15-29(34)32-14-13-22-17-33-28-8-6-5-7-24(22)28)25-16-26-27(21-9-11-23(35-3)12-10-21)18-37-31(26)20(2)30(25)36-4/h5-12,15-18,33H,13-14H2,1-4H3,(H,32,34)/b19-15+. The van der Waals surface area contributed by atoms with Gasteiger partial charge in [0.15, 0.2) is 0 Å². The van der Waals surface area contributed by atoms with Gasteiger partial charge in [0, 0.05) is 51.8 Å². The van der Waals surface area contributed by atoms with Gasteiger partial charge in [-0.25, -0.2) is 0 Å². The Morgan fingerprint density at radius 2 is 1.84 bits per heavy atom. The lowest BCUT2D eigenvalue weighted by Crippen LogP contribution is -2.23. The number of para-hydroxylation sites is 1. The zero-order valence-corrected chi connectivity index (χ0v) is 21.5. The number of hydrogen-bond donors (Lipinski definition) is 2. The summed E-state index contributed by atoms with van der Waals surface area (Å²) in [6.45, 7) is 4.44. The third kappa shape index (κ3) is 4.70. The van der Waals surface area contributed by atoms with Crippen LogP contribution in [0.3, 0.4) is 0 Å². The van der Waals surface area contributed by atoms with Crippen molar-refractivity contribution in [2.75, 3.05) is 20.8 Å². The molecule has 0 spiro atoms. The Balaban J connectivity index is 1.39. The second-order valence-corrected chi connectivity index (χ2v) is 9.06. The number of fused-ring (bicyclic) bond motifs is 2. The van der Waals surface area contributed by atoms with E-state index >= 15 is 0 Å². The molecule has 0 aliphatic carbocycles. The number of amides is 1. The maximum Gasteiger partial charge on any atom is 0.244 e. The van der Waals surface area contributed by atoms with Crippen molar-refractivity contribution in [2.45, 2.75) is 20.3 Å². The van der Waals surface area contributed by atoms with Crippen LogP contribution < -0.4 is 14.8 Å². The maximum absolute atomic E-state index is 12.8. The van der Waals surface area contributed by atoms with E-state index in [-0.39, 0.29) is 5.91 Å². The maximum atomic E-state index is 12.8. The van der Waals surface area contributed by atoms with Crippen molar-refractivity contribution in [1.82, 2.24) is 10.3 Å². The van der Waals surface area contributed by atoms with Crippen LogP contribution in [0.2, 0.25) is 0 Å². The molecule has 5 aromatic rings. The third-order valence-corrected chi connectivity index (χ3v) is 6.79. The molecule has 0 aliphatic heterocycles. The number of H-pyrrole nitrogens is 1. The van der Waals surface area contributed by atoms with Crippen molar-refractivity contribution < 1.29 is 18.7 Å². The van der Waals surface area contributed by atoms with Crippen LogP contribution in [0, 0.1) is 6.92 Å². The molecule has 0 fully saturated rings. The molecular weight excluding hydrogens is 464 g/mol. The number of benzene rings is 3. The minimum atomic E-state index is -0.139. The number of methoxy groups -OCH3 is 2. The summed E-state index contributed by atoms with van der Waals surface area (Å²) in [4.78, 5) is 16.1. The van der Waals surface area contributed by atoms with Crippen LogP contribution >= 0.6 is 0 Å². The Bertz CT molecular complexity index is 1610. The van der Waals surface area contributed by atoms with E-state index in [4.69, 9.17) is 13.9 Å². The van der Waals surface area contributed by atoms with Crippen LogP contribution in [0.25, 0.3) is 38.6 Å². The molecule has 0 saturated heterocycles. The van der Waals surface area contributed by atoms with E-state index in [1.54, 1.807) is 26.6 Å². The van der Waals surface area contributed by atoms with Gasteiger partial charge in [-0.15, -0.1) is 0 Å². The van der Waals surface area contributed by atoms with E-state index < -0.39 is 0 Å². The summed E-state index contributed by atoms with van der Waals surface area (Å²) in [6.07, 6.45) is 6.15. The molecule has 0 aliphatic rings. The molecule has 0 unspecified atom stereocenters. The molecule has 0 bridgehead atoms. The van der Waals surface area contributed by atoms with Crippen molar-refractivity contribution >= 4 is 33.4 Å². The van der Waals surface area contributed by atoms with Gasteiger partial charge < -0.3 is 24.2 Å². The van der Waals surface area contributed by atoms with Crippen molar-refractivity contribution in [1.29, 1.82) is 0 Å². The lowest BCUT2D eigenvalue weighted by atomic mass is 9.96. The van der Waals surface area contributed by atoms with Crippen LogP contribution in [0.4, 0.5) is 0 Å². The molecule has 1 amide bonds. The van der Waals surface area contributed by atoms with Gasteiger partial charge in [-0.05, 0) is 61.2 Å². The first-order valence-corrected chi connectivity index (χ1v) is 12.2. The van der Waals surface area contributed by atoms with Gasteiger partial charge in [-0.2, -0.15) is 0 Å². The molecule has 6 heteroatoms. The number of hydrogen-bond acceptors (Lipinski definition) is 4. The number of aromatic nitrogens is 1. The third-order valence-electron chi connectivity index (χ3n) is 6.79. The van der Waals surface area contributed by atoms with Gasteiger partial charge in [0.25, 0.3) is 0 Å². The highest BCUT2D eigenvalue weighted by atomic mass is 16.5. The molecule has 3 aromatic carbocycles. The number of carbonyl (C=O) groups excluding carboxylic acids is 1. The van der Waals surface area contributed by atoms with Crippen LogP contribution in [0.1, 0.15) is 23.6 Å². The Hall–Kier alpha value is -4.45. The van der Waals surface area contributed by atoms with E-state index in [9.17, 15) is 4.79 Å². The lowest BCUT2D eigenvalue weighted by molar-refractivity contribution is -0.116. The zero-order valence-electron chi connectivity index (χ0n) is 21.5. The Morgan fingerprint density at radius 3 is 2.59 bits per heavy atom. The van der Waals surface area contributed by atoms with Crippen molar-refractivity contribution in [3.05, 3.63) is 89.8 Å². The van der Waals surface area contributed by atoms with E-state index in [0.717, 1.165) is 56.5 Å². The predicted octanol–water partition coefficient (Wildman–Crippen LogP) is 6.67. The number of rotatable bonds is 8. The summed E-state index contributed by atoms with van der Waals surface area (Å²) in [5.41, 5.74) is 7.61. The molecule has 6 nitrogen and oxygen atoms in total. The normalized spacial score (nSPS) is 11.7. The highest BCUT2D eigenvalue weighted by molar-refractivity contribution is 6.01. The number of nitrogens with one attached hydrogen (secondary N) is 2. The van der Waals surface area contributed by atoms with Crippen molar-refractivity contribution in [3.63, 3.8) is 0 Å². The van der Waals surface area contributed by atoms with E-state index in [1.165, 1.54) is 10.9 Å². The second-order valence-electron chi connectivity index (χ2n) is 9.06. The number of aromatic amines is 1. The monoisotopic (exact) mass is 494 g/mol. The first-order chi connectivity index (χ1) is 18.0. The van der Waals surface area contributed by atoms with Crippen LogP contribution in [-0.4, -0.2) is 31.7 Å². The number of carbonyl (C=O) groups is 1. The fraction of sp³-hybridized carbons (Fsp3) is 0.194. The molecule has 0 saturated carbocycles. The molecule has 2 aromatic heterocycles. The highest BCUT2D eigenvalue weighted by Gasteiger charge is 2.19. The largest absolute Gasteiger partial charge is 0.497 e. The second kappa shape index (κ2) is 10.3. The molecule has 2 N–H and O–H groups in total. The molecule has 5 rings (SSSR count). The van der Waals surface area contributed by atoms with Gasteiger partial charge >= 0.3 is 0 Å². The van der Waals surface area contributed by atoms with E-state index in [1.807, 2.05) is 62.5 Å². The predicted molar refractivity (Wildman–Crippen MR) is 148 cm³/mol. The summed E-state index contributed by atoms with van der Waals surface area (Å²) < 4.78 is 17.0. The minimum absolute atomic E-state index is 0.139. The first kappa shape index (κ1) is 24.3. The fourth-order valence-corrected chi connectivity index (χ4v) is 4.85. The first-order valence-electron chi connectivity index (χ1n) is 12.2. The SMILES string of the molecule is COc1ccc(-c2coc3c(C)c(OC)c(/C(C)=C/C(=O)NCCc4c[nH]c5ccccc45)cc23)cc1. The van der Waals surface area contributed by atoms with Crippen LogP contribution in [0.15, 0.2) is 77.6 Å². The number of ether oxygens (including phenoxy) is 2. The van der Waals surface area contributed by atoms with E-state index in [2.05, 4.69) is 22.4 Å². The Morgan fingerprint density at radius 1 is 1.05 bits per heavy atom. The van der Waals surface area contributed by atoms with Gasteiger partial charge in [-0.3, -0.25) is 4.79 Å². The zero-order chi connectivity index (χ0) is 25.9. The van der Waals surface area contributed by atoms with Crippen LogP contribution in [-0.2, 0) is 11.2 Å². The average Bonchev–Trinajstić information content (AvgIpc) is 3.53. The molecule has 0 radical (unpaired) electrons. The summed E-state index contributed by atoms with van der Waals surface area (Å²) >= 11 is 0. The number of aryl methyl sites for hydroxylation is 1. The molecule has 2 heterocycles. The molecule has 0 atom stereocenters. The van der Waals surface area contributed by atoms with Crippen molar-refractivity contribution in [3.8, 4) is 22.6 Å². The van der Waals surface area contributed by atoms with Crippen LogP contribution in [0.5, 0.6) is 11.5 Å². The summed E-state index contributed by atoms with van der Waals surface area (Å²) in [5, 5.41) is 5.17. The summed E-state index contributed by atoms with van der Waals surface area (Å²) in [7, 11) is 3.29. The Labute approximate surface area is 215 Å². The topological polar surface area (TPSA) is 76.5 Å². The highest BCUT2D eigenvalue weighted by Crippen LogP contribution is 2.40. The van der Waals surface area contributed by atoms with Gasteiger partial charge in [-0.1, -0.05) is 30.3 Å². The van der Waals surface area contributed by atoms with Gasteiger partial charge in [0.2, 0.25) is 5.91 Å². The lowest BCUT2D eigenvalue weighted by Gasteiger charge is -2.13. The molecule has 37 heavy (non-hydrogen) atoms. The minimum Gasteiger partial charge on any atom is -0.497 e. The summed E-state index contributed by atoms with van der Waals surface area (Å²) in [5.74, 6) is 1.35. The van der Waals surface area contributed by atoms with E-state index in [0.29, 0.717) is 12.3 Å². The van der Waals surface area contributed by atoms with Crippen molar-refractivity contribution in [2.24, 2.45) is 0 Å². The van der Waals surface area contributed by atoms with Gasteiger partial charge in [0.1, 0.15) is 17.1 Å². The number of furan rings is 1. The molecule has 188 valence electrons. The number of allylic oxidation sites excluding steroid dienone is 1. The summed E-state index contributed by atoms with van der Waals surface area (Å²) in [6, 6.07) is 18.1. The quantitative estimate of drug-likeness (QED) is 0.236. The smallest absolute Gasteiger partial charge is 0.244 e. The molecular formula is C31H30N2O4.